The van der Waals surface area contributed by atoms with Gasteiger partial charge in [0.15, 0.2) is 23.3 Å². The fraction of sp³-hybridized carbons (Fsp3) is 0.130. The van der Waals surface area contributed by atoms with Crippen molar-refractivity contribution < 1.29 is 31.9 Å². The highest BCUT2D eigenvalue weighted by atomic mass is 19.2. The number of alkyl carbamates (subject to hydrolysis) is 1. The lowest BCUT2D eigenvalue weighted by Crippen LogP contribution is -2.49. The van der Waals surface area contributed by atoms with Gasteiger partial charge in [0.2, 0.25) is 0 Å². The van der Waals surface area contributed by atoms with E-state index >= 15 is 0 Å². The monoisotopic (exact) mass is 461 g/mol. The molecule has 0 saturated heterocycles. The second kappa shape index (κ2) is 11.0. The highest BCUT2D eigenvalue weighted by Crippen LogP contribution is 2.23. The number of amides is 2. The van der Waals surface area contributed by atoms with Gasteiger partial charge in [-0.15, -0.1) is 0 Å². The van der Waals surface area contributed by atoms with Gasteiger partial charge in [0.25, 0.3) is 5.91 Å². The number of carbonyl (C=O) groups excluding carboxylic acids is 2. The fourth-order valence-electron chi connectivity index (χ4n) is 2.86. The van der Waals surface area contributed by atoms with Crippen LogP contribution in [0.3, 0.4) is 0 Å². The van der Waals surface area contributed by atoms with E-state index < -0.39 is 47.0 Å². The van der Waals surface area contributed by atoms with Crippen LogP contribution >= 0.6 is 0 Å². The van der Waals surface area contributed by atoms with E-state index in [0.29, 0.717) is 5.56 Å². The van der Waals surface area contributed by atoms with Gasteiger partial charge >= 0.3 is 6.09 Å². The molecule has 0 aliphatic carbocycles. The topological polar surface area (TPSA) is 79.5 Å². The predicted molar refractivity (Wildman–Crippen MR) is 112 cm³/mol. The number of rotatable bonds is 8. The lowest BCUT2D eigenvalue weighted by atomic mass is 10.1. The minimum absolute atomic E-state index is 0.00271. The Hall–Kier alpha value is -4.08. The molecule has 2 amide bonds. The molecule has 0 radical (unpaired) electrons. The van der Waals surface area contributed by atoms with E-state index in [4.69, 9.17) is 4.74 Å². The van der Waals surface area contributed by atoms with E-state index in [1.54, 1.807) is 60.7 Å². The molecule has 172 valence electrons. The van der Waals surface area contributed by atoms with Crippen LogP contribution in [0.25, 0.3) is 0 Å². The predicted octanol–water partition coefficient (Wildman–Crippen LogP) is 4.22. The molecule has 1 atom stereocenters. The zero-order valence-electron chi connectivity index (χ0n) is 17.1. The van der Waals surface area contributed by atoms with Crippen LogP contribution in [-0.4, -0.2) is 18.0 Å². The second-order valence-electron chi connectivity index (χ2n) is 6.91. The molecular formula is C23H19F4N3O3. The highest BCUT2D eigenvalue weighted by molar-refractivity contribution is 5.86. The third-order valence-electron chi connectivity index (χ3n) is 4.53. The number of hydrogen-bond donors (Lipinski definition) is 3. The molecule has 6 nitrogen and oxygen atoms in total. The number of hydrazine groups is 1. The molecule has 10 heteroatoms. The number of benzene rings is 3. The van der Waals surface area contributed by atoms with Gasteiger partial charge in [0.05, 0.1) is 0 Å². The molecule has 0 aromatic heterocycles. The van der Waals surface area contributed by atoms with Crippen molar-refractivity contribution in [2.75, 3.05) is 5.43 Å². The first-order chi connectivity index (χ1) is 15.8. The van der Waals surface area contributed by atoms with Gasteiger partial charge in [0, 0.05) is 12.5 Å². The van der Waals surface area contributed by atoms with Crippen molar-refractivity contribution in [2.45, 2.75) is 19.1 Å². The Morgan fingerprint density at radius 3 is 1.94 bits per heavy atom. The average Bonchev–Trinajstić information content (AvgIpc) is 2.82. The Kier molecular flexibility index (Phi) is 7.85. The largest absolute Gasteiger partial charge is 0.445 e. The zero-order chi connectivity index (χ0) is 23.8. The molecule has 0 aliphatic rings. The highest BCUT2D eigenvalue weighted by Gasteiger charge is 2.24. The van der Waals surface area contributed by atoms with Gasteiger partial charge in [-0.2, -0.15) is 0 Å². The molecule has 3 aromatic carbocycles. The SMILES string of the molecule is O=C(N[C@H](Cc1ccccc1)C(=O)NNc1c(F)c(F)cc(F)c1F)OCc1ccccc1. The van der Waals surface area contributed by atoms with E-state index in [2.05, 4.69) is 5.32 Å². The Bertz CT molecular complexity index is 1090. The van der Waals surface area contributed by atoms with E-state index in [0.717, 1.165) is 5.56 Å². The van der Waals surface area contributed by atoms with E-state index in [1.165, 1.54) is 0 Å². The number of ether oxygens (including phenoxy) is 1. The summed E-state index contributed by atoms with van der Waals surface area (Å²) < 4.78 is 59.5. The van der Waals surface area contributed by atoms with Crippen LogP contribution in [0.5, 0.6) is 0 Å². The summed E-state index contributed by atoms with van der Waals surface area (Å²) in [5, 5.41) is 2.37. The quantitative estimate of drug-likeness (QED) is 0.267. The first kappa shape index (κ1) is 23.6. The molecule has 0 fully saturated rings. The molecule has 0 aliphatic heterocycles. The molecular weight excluding hydrogens is 442 g/mol. The summed E-state index contributed by atoms with van der Waals surface area (Å²) in [6.07, 6.45) is -0.916. The maximum Gasteiger partial charge on any atom is 0.408 e. The summed E-state index contributed by atoms with van der Waals surface area (Å²) in [6, 6.07) is 16.2. The lowest BCUT2D eigenvalue weighted by Gasteiger charge is -2.19. The molecule has 0 unspecified atom stereocenters. The van der Waals surface area contributed by atoms with Crippen molar-refractivity contribution in [3.63, 3.8) is 0 Å². The van der Waals surface area contributed by atoms with Gasteiger partial charge in [0.1, 0.15) is 18.3 Å². The summed E-state index contributed by atoms with van der Waals surface area (Å²) in [5.74, 6) is -7.66. The zero-order valence-corrected chi connectivity index (χ0v) is 17.1. The Morgan fingerprint density at radius 2 is 1.36 bits per heavy atom. The van der Waals surface area contributed by atoms with Gasteiger partial charge in [-0.3, -0.25) is 15.6 Å². The molecule has 3 aromatic rings. The molecule has 33 heavy (non-hydrogen) atoms. The number of carbonyl (C=O) groups is 2. The smallest absolute Gasteiger partial charge is 0.408 e. The molecule has 3 rings (SSSR count). The van der Waals surface area contributed by atoms with Crippen LogP contribution < -0.4 is 16.2 Å². The molecule has 0 bridgehead atoms. The van der Waals surface area contributed by atoms with Crippen LogP contribution in [0.15, 0.2) is 66.7 Å². The first-order valence-corrected chi connectivity index (χ1v) is 9.75. The summed E-state index contributed by atoms with van der Waals surface area (Å²) >= 11 is 0. The summed E-state index contributed by atoms with van der Waals surface area (Å²) in [6.45, 7) is -0.0520. The minimum atomic E-state index is -1.72. The van der Waals surface area contributed by atoms with Gasteiger partial charge in [-0.05, 0) is 11.1 Å². The summed E-state index contributed by atoms with van der Waals surface area (Å²) in [4.78, 5) is 24.9. The lowest BCUT2D eigenvalue weighted by molar-refractivity contribution is -0.122. The second-order valence-corrected chi connectivity index (χ2v) is 6.91. The number of nitrogens with one attached hydrogen (secondary N) is 3. The van der Waals surface area contributed by atoms with Crippen molar-refractivity contribution in [1.29, 1.82) is 0 Å². The average molecular weight is 461 g/mol. The fourth-order valence-corrected chi connectivity index (χ4v) is 2.86. The van der Waals surface area contributed by atoms with Crippen LogP contribution in [0.1, 0.15) is 11.1 Å². The number of anilines is 1. The van der Waals surface area contributed by atoms with E-state index in [9.17, 15) is 27.2 Å². The van der Waals surface area contributed by atoms with Crippen LogP contribution in [0.2, 0.25) is 0 Å². The third-order valence-corrected chi connectivity index (χ3v) is 4.53. The summed E-state index contributed by atoms with van der Waals surface area (Å²) in [5.41, 5.74) is 3.97. The Labute approximate surface area is 186 Å². The summed E-state index contributed by atoms with van der Waals surface area (Å²) in [7, 11) is 0. The standard InChI is InChI=1S/C23H19F4N3O3/c24-16-12-17(25)20(27)21(19(16)26)29-30-22(31)18(11-14-7-3-1-4-8-14)28-23(32)33-13-15-9-5-2-6-10-15/h1-10,12,18,29H,11,13H2,(H,28,32)(H,30,31)/t18-/m1/s1. The Morgan fingerprint density at radius 1 is 0.818 bits per heavy atom. The van der Waals surface area contributed by atoms with Crippen molar-refractivity contribution in [1.82, 2.24) is 10.7 Å². The maximum atomic E-state index is 13.8. The number of hydrogen-bond acceptors (Lipinski definition) is 4. The third kappa shape index (κ3) is 6.45. The van der Waals surface area contributed by atoms with Crippen LogP contribution in [-0.2, 0) is 22.6 Å². The molecule has 0 heterocycles. The number of halogens is 4. The van der Waals surface area contributed by atoms with E-state index in [1.807, 2.05) is 10.9 Å². The van der Waals surface area contributed by atoms with Crippen molar-refractivity contribution in [2.24, 2.45) is 0 Å². The molecule has 0 saturated carbocycles. The van der Waals surface area contributed by atoms with Crippen molar-refractivity contribution >= 4 is 17.7 Å². The van der Waals surface area contributed by atoms with Crippen molar-refractivity contribution in [3.05, 3.63) is 101 Å². The van der Waals surface area contributed by atoms with Gasteiger partial charge in [-0.25, -0.2) is 22.4 Å². The molecule has 0 spiro atoms. The van der Waals surface area contributed by atoms with Gasteiger partial charge in [-0.1, -0.05) is 60.7 Å². The molecule has 3 N–H and O–H groups in total. The van der Waals surface area contributed by atoms with Crippen LogP contribution in [0.4, 0.5) is 28.0 Å². The first-order valence-electron chi connectivity index (χ1n) is 9.75. The van der Waals surface area contributed by atoms with Crippen LogP contribution in [0, 0.1) is 23.3 Å². The van der Waals surface area contributed by atoms with Crippen molar-refractivity contribution in [3.8, 4) is 0 Å². The maximum absolute atomic E-state index is 13.8. The Balaban J connectivity index is 1.69. The van der Waals surface area contributed by atoms with E-state index in [-0.39, 0.29) is 19.1 Å². The van der Waals surface area contributed by atoms with Gasteiger partial charge < -0.3 is 10.1 Å². The normalized spacial score (nSPS) is 11.4. The minimum Gasteiger partial charge on any atom is -0.445 e.